The van der Waals surface area contributed by atoms with Crippen LogP contribution in [0, 0.1) is 0 Å². The molecule has 0 aliphatic carbocycles. The number of hydrogen-bond acceptors (Lipinski definition) is 6. The second-order valence-electron chi connectivity index (χ2n) is 7.24. The molecule has 0 bridgehead atoms. The molecule has 0 aliphatic heterocycles. The summed E-state index contributed by atoms with van der Waals surface area (Å²) in [6.45, 7) is 0.737. The van der Waals surface area contributed by atoms with E-state index in [1.54, 1.807) is 6.20 Å². The lowest BCUT2D eigenvalue weighted by Crippen LogP contribution is -2.13. The quantitative estimate of drug-likeness (QED) is 0.246. The Morgan fingerprint density at radius 1 is 0.909 bits per heavy atom. The van der Waals surface area contributed by atoms with E-state index >= 15 is 0 Å². The number of hydroxylamine groups is 1. The van der Waals surface area contributed by atoms with Gasteiger partial charge in [0.25, 0.3) is 0 Å². The summed E-state index contributed by atoms with van der Waals surface area (Å²) in [6.07, 6.45) is 3.97. The number of nitrogens with one attached hydrogen (secondary N) is 2. The molecule has 33 heavy (non-hydrogen) atoms. The van der Waals surface area contributed by atoms with E-state index < -0.39 is 5.76 Å². The summed E-state index contributed by atoms with van der Waals surface area (Å²) in [7, 11) is 0. The first-order valence-corrected chi connectivity index (χ1v) is 10.5. The Morgan fingerprint density at radius 2 is 1.64 bits per heavy atom. The molecule has 0 radical (unpaired) electrons. The van der Waals surface area contributed by atoms with Gasteiger partial charge in [0.1, 0.15) is 19.0 Å². The van der Waals surface area contributed by atoms with Crippen LogP contribution >= 0.6 is 0 Å². The second-order valence-corrected chi connectivity index (χ2v) is 7.24. The van der Waals surface area contributed by atoms with Crippen LogP contribution in [0.3, 0.4) is 0 Å². The van der Waals surface area contributed by atoms with Crippen molar-refractivity contribution in [2.45, 2.75) is 6.42 Å². The van der Waals surface area contributed by atoms with Crippen LogP contribution in [0.4, 0.5) is 0 Å². The van der Waals surface area contributed by atoms with Crippen molar-refractivity contribution in [1.82, 2.24) is 10.5 Å². The normalized spacial score (nSPS) is 11.0. The summed E-state index contributed by atoms with van der Waals surface area (Å²) in [5.41, 5.74) is 7.10. The van der Waals surface area contributed by atoms with E-state index in [0.29, 0.717) is 25.4 Å². The number of aromatic amines is 1. The summed E-state index contributed by atoms with van der Waals surface area (Å²) >= 11 is 0. The van der Waals surface area contributed by atoms with Crippen molar-refractivity contribution in [3.8, 4) is 22.8 Å². The molecule has 0 fully saturated rings. The Bertz CT molecular complexity index is 1230. The summed E-state index contributed by atoms with van der Waals surface area (Å²) in [6, 6.07) is 25.8. The van der Waals surface area contributed by atoms with Gasteiger partial charge in [-0.05, 0) is 40.5 Å². The average molecular weight is 444 g/mol. The molecule has 4 aromatic rings. The Morgan fingerprint density at radius 3 is 2.33 bits per heavy atom. The van der Waals surface area contributed by atoms with E-state index in [4.69, 9.17) is 14.0 Å². The van der Waals surface area contributed by atoms with E-state index in [9.17, 15) is 9.90 Å². The molecule has 0 spiro atoms. The zero-order valence-corrected chi connectivity index (χ0v) is 17.9. The lowest BCUT2D eigenvalue weighted by Gasteiger charge is -2.07. The van der Waals surface area contributed by atoms with Crippen LogP contribution in [0.25, 0.3) is 17.2 Å². The van der Waals surface area contributed by atoms with Gasteiger partial charge >= 0.3 is 5.76 Å². The molecule has 7 nitrogen and oxygen atoms in total. The first-order chi connectivity index (χ1) is 16.2. The minimum Gasteiger partial charge on any atom is -0.492 e. The fraction of sp³-hybridized carbons (Fsp3) is 0.115. The minimum absolute atomic E-state index is 0.202. The molecule has 0 saturated carbocycles. The average Bonchev–Trinajstić information content (AvgIpc) is 3.16. The molecule has 1 aromatic heterocycles. The molecule has 168 valence electrons. The monoisotopic (exact) mass is 444 g/mol. The van der Waals surface area contributed by atoms with Gasteiger partial charge in [-0.15, -0.1) is 0 Å². The lowest BCUT2D eigenvalue weighted by molar-refractivity contribution is 0.0484. The number of aromatic hydroxyl groups is 1. The van der Waals surface area contributed by atoms with E-state index in [1.807, 2.05) is 48.5 Å². The molecule has 0 atom stereocenters. The Labute approximate surface area is 190 Å². The van der Waals surface area contributed by atoms with Crippen molar-refractivity contribution >= 4 is 6.08 Å². The van der Waals surface area contributed by atoms with Crippen LogP contribution in [0.2, 0.25) is 0 Å². The highest BCUT2D eigenvalue weighted by Crippen LogP contribution is 2.20. The third-order valence-corrected chi connectivity index (χ3v) is 4.89. The predicted molar refractivity (Wildman–Crippen MR) is 126 cm³/mol. The molecule has 4 rings (SSSR count). The lowest BCUT2D eigenvalue weighted by atomic mass is 10.0. The van der Waals surface area contributed by atoms with Crippen molar-refractivity contribution in [3.63, 3.8) is 0 Å². The molecule has 3 aromatic carbocycles. The van der Waals surface area contributed by atoms with E-state index in [-0.39, 0.29) is 11.6 Å². The summed E-state index contributed by atoms with van der Waals surface area (Å²) in [5.74, 6) is -0.0282. The molecule has 0 aliphatic rings. The Kier molecular flexibility index (Phi) is 7.25. The third-order valence-electron chi connectivity index (χ3n) is 4.89. The van der Waals surface area contributed by atoms with Gasteiger partial charge in [-0.25, -0.2) is 4.79 Å². The maximum atomic E-state index is 11.1. The van der Waals surface area contributed by atoms with Gasteiger partial charge in [0.05, 0.1) is 0 Å². The molecule has 0 unspecified atom stereocenters. The highest BCUT2D eigenvalue weighted by atomic mass is 16.7. The molecule has 7 heteroatoms. The van der Waals surface area contributed by atoms with Gasteiger partial charge in [0, 0.05) is 12.6 Å². The number of oxazole rings is 1. The largest absolute Gasteiger partial charge is 0.492 e. The number of hydrogen-bond donors (Lipinski definition) is 3. The summed E-state index contributed by atoms with van der Waals surface area (Å²) in [5, 5.41) is 9.57. The number of aromatic nitrogens is 1. The topological polar surface area (TPSA) is 96.7 Å². The molecule has 1 heterocycles. The van der Waals surface area contributed by atoms with Gasteiger partial charge in [-0.3, -0.25) is 15.3 Å². The SMILES string of the molecule is O=c1[nH]c(O)c(Cc2ccc(OCCONC=Cc3ccc(-c4ccccc4)cc3)cc2)o1. The zero-order chi connectivity index (χ0) is 22.9. The molecule has 0 amide bonds. The van der Waals surface area contributed by atoms with Crippen molar-refractivity contribution in [2.75, 3.05) is 13.2 Å². The van der Waals surface area contributed by atoms with Crippen LogP contribution in [-0.2, 0) is 11.3 Å². The van der Waals surface area contributed by atoms with Gasteiger partial charge in [-0.1, -0.05) is 66.7 Å². The standard InChI is InChI=1S/C26H24N2O5/c29-25-24(33-26(30)28-25)18-20-8-12-23(13-9-20)31-16-17-32-27-15-14-19-6-10-22(11-7-19)21-4-2-1-3-5-21/h1-15,27,29H,16-18H2,(H,28,30). The maximum absolute atomic E-state index is 11.1. The van der Waals surface area contributed by atoms with Crippen LogP contribution in [-0.4, -0.2) is 23.3 Å². The predicted octanol–water partition coefficient (Wildman–Crippen LogP) is 4.50. The van der Waals surface area contributed by atoms with Crippen LogP contribution in [0.1, 0.15) is 16.9 Å². The van der Waals surface area contributed by atoms with E-state index in [0.717, 1.165) is 11.1 Å². The van der Waals surface area contributed by atoms with Crippen LogP contribution < -0.4 is 16.0 Å². The van der Waals surface area contributed by atoms with Gasteiger partial charge in [-0.2, -0.15) is 0 Å². The number of benzene rings is 3. The van der Waals surface area contributed by atoms with Crippen LogP contribution in [0.5, 0.6) is 11.6 Å². The van der Waals surface area contributed by atoms with Crippen molar-refractivity contribution < 1.29 is 19.1 Å². The van der Waals surface area contributed by atoms with E-state index in [2.05, 4.69) is 46.9 Å². The van der Waals surface area contributed by atoms with Gasteiger partial charge < -0.3 is 14.3 Å². The van der Waals surface area contributed by atoms with Crippen LogP contribution in [0.15, 0.2) is 94.3 Å². The van der Waals surface area contributed by atoms with Gasteiger partial charge in [0.15, 0.2) is 5.76 Å². The van der Waals surface area contributed by atoms with Gasteiger partial charge in [0.2, 0.25) is 5.88 Å². The number of H-pyrrole nitrogens is 1. The first kappa shape index (κ1) is 22.0. The molecular weight excluding hydrogens is 420 g/mol. The van der Waals surface area contributed by atoms with Crippen molar-refractivity contribution in [1.29, 1.82) is 0 Å². The maximum Gasteiger partial charge on any atom is 0.419 e. The van der Waals surface area contributed by atoms with Crippen molar-refractivity contribution in [2.24, 2.45) is 0 Å². The highest BCUT2D eigenvalue weighted by Gasteiger charge is 2.09. The molecular formula is C26H24N2O5. The first-order valence-electron chi connectivity index (χ1n) is 10.5. The Balaban J connectivity index is 1.14. The fourth-order valence-corrected chi connectivity index (χ4v) is 3.22. The smallest absolute Gasteiger partial charge is 0.419 e. The second kappa shape index (κ2) is 10.9. The zero-order valence-electron chi connectivity index (χ0n) is 17.9. The van der Waals surface area contributed by atoms with Crippen molar-refractivity contribution in [3.05, 3.63) is 113 Å². The third kappa shape index (κ3) is 6.38. The number of ether oxygens (including phenoxy) is 1. The minimum atomic E-state index is -0.674. The summed E-state index contributed by atoms with van der Waals surface area (Å²) < 4.78 is 10.5. The Hall–Kier alpha value is -4.23. The summed E-state index contributed by atoms with van der Waals surface area (Å²) in [4.78, 5) is 18.6. The molecule has 0 saturated heterocycles. The fourth-order valence-electron chi connectivity index (χ4n) is 3.22. The highest BCUT2D eigenvalue weighted by molar-refractivity contribution is 5.65. The number of rotatable bonds is 10. The molecule has 3 N–H and O–H groups in total. The van der Waals surface area contributed by atoms with E-state index in [1.165, 1.54) is 11.1 Å².